The minimum absolute atomic E-state index is 0.00838. The third-order valence-corrected chi connectivity index (χ3v) is 4.64. The topological polar surface area (TPSA) is 127 Å². The monoisotopic (exact) mass is 434 g/mol. The van der Waals surface area contributed by atoms with Crippen molar-refractivity contribution in [2.75, 3.05) is 12.0 Å². The third kappa shape index (κ3) is 4.78. The lowest BCUT2D eigenvalue weighted by Gasteiger charge is -2.15. The number of H-pyrrole nitrogens is 1. The van der Waals surface area contributed by atoms with Gasteiger partial charge in [-0.05, 0) is 19.9 Å². The van der Waals surface area contributed by atoms with Crippen molar-refractivity contribution >= 4 is 34.9 Å². The summed E-state index contributed by atoms with van der Waals surface area (Å²) >= 11 is 6.12. The zero-order valence-electron chi connectivity index (χ0n) is 16.8. The molecule has 3 aromatic rings. The van der Waals surface area contributed by atoms with Crippen LogP contribution in [0.25, 0.3) is 11.2 Å². The van der Waals surface area contributed by atoms with E-state index in [9.17, 15) is 14.7 Å². The Labute approximate surface area is 176 Å². The van der Waals surface area contributed by atoms with Gasteiger partial charge in [0.25, 0.3) is 5.56 Å². The van der Waals surface area contributed by atoms with Crippen molar-refractivity contribution in [2.24, 2.45) is 12.1 Å². The fourth-order valence-electron chi connectivity index (χ4n) is 2.80. The quantitative estimate of drug-likeness (QED) is 0.362. The number of hydrazone groups is 1. The predicted molar refractivity (Wildman–Crippen MR) is 115 cm³/mol. The molecule has 0 saturated carbocycles. The number of imidazole rings is 1. The van der Waals surface area contributed by atoms with E-state index in [0.29, 0.717) is 10.6 Å². The van der Waals surface area contributed by atoms with Crippen molar-refractivity contribution in [2.45, 2.75) is 32.6 Å². The maximum Gasteiger partial charge on any atom is 0.329 e. The number of hydrogen-bond donors (Lipinski definition) is 3. The summed E-state index contributed by atoms with van der Waals surface area (Å²) in [4.78, 5) is 31.0. The molecule has 160 valence electrons. The molecule has 0 amide bonds. The second kappa shape index (κ2) is 9.24. The van der Waals surface area contributed by atoms with Crippen LogP contribution >= 0.6 is 11.6 Å². The van der Waals surface area contributed by atoms with Crippen molar-refractivity contribution in [1.29, 1.82) is 0 Å². The molecular weight excluding hydrogens is 412 g/mol. The molecule has 0 bridgehead atoms. The SMILES string of the molecule is CC(C)OCC(O)Cn1c(NN=Cc2ccccc2Cl)nc2c1c(=O)[nH]c(=O)n2C. The van der Waals surface area contributed by atoms with Gasteiger partial charge in [-0.2, -0.15) is 10.1 Å². The van der Waals surface area contributed by atoms with E-state index in [4.69, 9.17) is 16.3 Å². The van der Waals surface area contributed by atoms with Crippen LogP contribution in [0.1, 0.15) is 19.4 Å². The predicted octanol–water partition coefficient (Wildman–Crippen LogP) is 1.31. The summed E-state index contributed by atoms with van der Waals surface area (Å²) in [5, 5.41) is 15.0. The van der Waals surface area contributed by atoms with Crippen molar-refractivity contribution in [3.8, 4) is 0 Å². The van der Waals surface area contributed by atoms with Crippen LogP contribution < -0.4 is 16.7 Å². The molecule has 1 atom stereocenters. The molecule has 0 aliphatic heterocycles. The third-order valence-electron chi connectivity index (χ3n) is 4.30. The zero-order valence-corrected chi connectivity index (χ0v) is 17.6. The number of nitrogens with zero attached hydrogens (tertiary/aromatic N) is 4. The summed E-state index contributed by atoms with van der Waals surface area (Å²) < 4.78 is 8.12. The first-order valence-corrected chi connectivity index (χ1v) is 9.68. The average Bonchev–Trinajstić information content (AvgIpc) is 3.05. The van der Waals surface area contributed by atoms with Gasteiger partial charge in [0.15, 0.2) is 11.2 Å². The smallest absolute Gasteiger partial charge is 0.329 e. The number of anilines is 1. The second-order valence-electron chi connectivity index (χ2n) is 6.96. The van der Waals surface area contributed by atoms with E-state index >= 15 is 0 Å². The number of rotatable bonds is 8. The zero-order chi connectivity index (χ0) is 21.8. The molecule has 3 N–H and O–H groups in total. The van der Waals surface area contributed by atoms with Crippen LogP contribution in [-0.2, 0) is 18.3 Å². The van der Waals surface area contributed by atoms with Crippen LogP contribution in [-0.4, -0.2) is 49.2 Å². The van der Waals surface area contributed by atoms with Crippen molar-refractivity contribution in [3.63, 3.8) is 0 Å². The Morgan fingerprint density at radius 3 is 2.80 bits per heavy atom. The molecule has 0 aliphatic carbocycles. The lowest BCUT2D eigenvalue weighted by molar-refractivity contribution is -0.000105. The van der Waals surface area contributed by atoms with E-state index in [1.54, 1.807) is 18.2 Å². The number of aliphatic hydroxyl groups excluding tert-OH is 1. The van der Waals surface area contributed by atoms with Crippen LogP contribution in [0.3, 0.4) is 0 Å². The molecular formula is C19H23ClN6O4. The first kappa shape index (κ1) is 21.8. The van der Waals surface area contributed by atoms with Crippen molar-refractivity contribution in [1.82, 2.24) is 19.1 Å². The summed E-state index contributed by atoms with van der Waals surface area (Å²) in [6.45, 7) is 3.80. The summed E-state index contributed by atoms with van der Waals surface area (Å²) in [6, 6.07) is 7.15. The molecule has 3 rings (SSSR count). The molecule has 0 radical (unpaired) electrons. The Bertz CT molecular complexity index is 1180. The number of nitrogens with one attached hydrogen (secondary N) is 2. The van der Waals surface area contributed by atoms with Gasteiger partial charge in [-0.25, -0.2) is 10.2 Å². The van der Waals surface area contributed by atoms with E-state index in [0.717, 1.165) is 0 Å². The van der Waals surface area contributed by atoms with Crippen molar-refractivity contribution < 1.29 is 9.84 Å². The molecule has 1 unspecified atom stereocenters. The van der Waals surface area contributed by atoms with E-state index in [2.05, 4.69) is 20.5 Å². The van der Waals surface area contributed by atoms with Gasteiger partial charge in [-0.3, -0.25) is 14.3 Å². The fraction of sp³-hybridized carbons (Fsp3) is 0.368. The molecule has 0 saturated heterocycles. The number of fused-ring (bicyclic) bond motifs is 1. The molecule has 0 fully saturated rings. The van der Waals surface area contributed by atoms with E-state index < -0.39 is 17.4 Å². The summed E-state index contributed by atoms with van der Waals surface area (Å²) in [5.74, 6) is 0.184. The Morgan fingerprint density at radius 2 is 2.10 bits per heavy atom. The second-order valence-corrected chi connectivity index (χ2v) is 7.37. The van der Waals surface area contributed by atoms with Gasteiger partial charge in [0.05, 0.1) is 31.6 Å². The number of halogens is 1. The summed E-state index contributed by atoms with van der Waals surface area (Å²) in [5.41, 5.74) is 2.55. The molecule has 2 aromatic heterocycles. The standard InChI is InChI=1S/C19H23ClN6O4/c1-11(2)30-10-13(27)9-26-15-16(25(3)19(29)23-17(15)28)22-18(26)24-21-8-12-6-4-5-7-14(12)20/h4-8,11,13,27H,9-10H2,1-3H3,(H,22,24)(H,23,28,29). The minimum Gasteiger partial charge on any atom is -0.389 e. The fourth-order valence-corrected chi connectivity index (χ4v) is 2.99. The largest absolute Gasteiger partial charge is 0.389 e. The Balaban J connectivity index is 1.98. The highest BCUT2D eigenvalue weighted by Crippen LogP contribution is 2.17. The highest BCUT2D eigenvalue weighted by molar-refractivity contribution is 6.33. The number of ether oxygens (including phenoxy) is 1. The lowest BCUT2D eigenvalue weighted by Crippen LogP contribution is -2.30. The van der Waals surface area contributed by atoms with Crippen molar-refractivity contribution in [3.05, 3.63) is 55.7 Å². The minimum atomic E-state index is -0.908. The Hall–Kier alpha value is -2.95. The molecule has 0 aliphatic rings. The van der Waals surface area contributed by atoms with Gasteiger partial charge in [0.2, 0.25) is 5.95 Å². The number of aliphatic hydroxyl groups is 1. The normalized spacial score (nSPS) is 12.9. The maximum atomic E-state index is 12.4. The molecule has 10 nitrogen and oxygen atoms in total. The molecule has 2 heterocycles. The Morgan fingerprint density at radius 1 is 1.37 bits per heavy atom. The van der Waals surface area contributed by atoms with Gasteiger partial charge < -0.3 is 14.4 Å². The summed E-state index contributed by atoms with van der Waals surface area (Å²) in [7, 11) is 1.49. The highest BCUT2D eigenvalue weighted by Gasteiger charge is 2.19. The molecule has 1 aromatic carbocycles. The van der Waals surface area contributed by atoms with Crippen LogP contribution in [0.15, 0.2) is 39.0 Å². The van der Waals surface area contributed by atoms with Gasteiger partial charge in [0.1, 0.15) is 0 Å². The van der Waals surface area contributed by atoms with Gasteiger partial charge in [-0.15, -0.1) is 0 Å². The number of hydrogen-bond acceptors (Lipinski definition) is 7. The van der Waals surface area contributed by atoms with E-state index in [1.165, 1.54) is 22.4 Å². The van der Waals surface area contributed by atoms with Gasteiger partial charge in [0, 0.05) is 17.6 Å². The maximum absolute atomic E-state index is 12.4. The van der Waals surface area contributed by atoms with E-state index in [1.807, 2.05) is 19.9 Å². The Kier molecular flexibility index (Phi) is 6.70. The number of aryl methyl sites for hydroxylation is 1. The average molecular weight is 435 g/mol. The molecule has 0 spiro atoms. The van der Waals surface area contributed by atoms with E-state index in [-0.39, 0.29) is 36.4 Å². The van der Waals surface area contributed by atoms with Gasteiger partial charge >= 0.3 is 5.69 Å². The van der Waals surface area contributed by atoms with Gasteiger partial charge in [-0.1, -0.05) is 29.8 Å². The summed E-state index contributed by atoms with van der Waals surface area (Å²) in [6.07, 6.45) is 0.545. The van der Waals surface area contributed by atoms with Crippen LogP contribution in [0.2, 0.25) is 5.02 Å². The number of benzene rings is 1. The first-order chi connectivity index (χ1) is 14.3. The van der Waals surface area contributed by atoms with Crippen LogP contribution in [0.4, 0.5) is 5.95 Å². The molecule has 11 heteroatoms. The number of aromatic amines is 1. The van der Waals surface area contributed by atoms with Crippen LogP contribution in [0, 0.1) is 0 Å². The first-order valence-electron chi connectivity index (χ1n) is 9.30. The molecule has 30 heavy (non-hydrogen) atoms. The number of aromatic nitrogens is 4. The highest BCUT2D eigenvalue weighted by atomic mass is 35.5. The van der Waals surface area contributed by atoms with Crippen LogP contribution in [0.5, 0.6) is 0 Å². The lowest BCUT2D eigenvalue weighted by atomic mass is 10.2.